The molecule has 1 aliphatic heterocycles. The first-order valence-corrected chi connectivity index (χ1v) is 7.76. The van der Waals surface area contributed by atoms with Crippen LogP contribution in [0, 0.1) is 6.92 Å². The van der Waals surface area contributed by atoms with Gasteiger partial charge in [-0.25, -0.2) is 0 Å². The molecule has 2 nitrogen and oxygen atoms in total. The van der Waals surface area contributed by atoms with Crippen molar-refractivity contribution in [1.82, 2.24) is 10.2 Å². The van der Waals surface area contributed by atoms with E-state index in [2.05, 4.69) is 78.7 Å². The molecule has 3 rings (SSSR count). The summed E-state index contributed by atoms with van der Waals surface area (Å²) in [5, 5.41) is 3.56. The summed E-state index contributed by atoms with van der Waals surface area (Å²) < 4.78 is 0. The van der Waals surface area contributed by atoms with Crippen molar-refractivity contribution < 1.29 is 0 Å². The van der Waals surface area contributed by atoms with Crippen molar-refractivity contribution in [1.29, 1.82) is 0 Å². The number of hydrogen-bond donors (Lipinski definition) is 1. The molecule has 2 aromatic carbocycles. The monoisotopic (exact) mass is 280 g/mol. The van der Waals surface area contributed by atoms with Crippen LogP contribution >= 0.6 is 0 Å². The summed E-state index contributed by atoms with van der Waals surface area (Å²) in [6.07, 6.45) is 0. The van der Waals surface area contributed by atoms with Crippen LogP contribution in [0.3, 0.4) is 0 Å². The number of benzene rings is 2. The fourth-order valence-corrected chi connectivity index (χ4v) is 3.23. The largest absolute Gasteiger partial charge is 0.313 e. The summed E-state index contributed by atoms with van der Waals surface area (Å²) in [5.41, 5.74) is 4.26. The lowest BCUT2D eigenvalue weighted by atomic mass is 9.87. The van der Waals surface area contributed by atoms with Gasteiger partial charge in [-0.1, -0.05) is 54.6 Å². The van der Waals surface area contributed by atoms with Gasteiger partial charge in [-0.15, -0.1) is 0 Å². The fourth-order valence-electron chi connectivity index (χ4n) is 3.23. The lowest BCUT2D eigenvalue weighted by molar-refractivity contribution is 0.0648. The minimum Gasteiger partial charge on any atom is -0.313 e. The number of hydrogen-bond acceptors (Lipinski definition) is 2. The maximum absolute atomic E-state index is 3.56. The van der Waals surface area contributed by atoms with E-state index in [1.54, 1.807) is 0 Å². The molecule has 0 bridgehead atoms. The molecule has 2 aromatic rings. The molecular weight excluding hydrogens is 256 g/mol. The van der Waals surface area contributed by atoms with Crippen LogP contribution < -0.4 is 5.32 Å². The van der Waals surface area contributed by atoms with E-state index in [1.165, 1.54) is 16.7 Å². The maximum Gasteiger partial charge on any atom is 0.0561 e. The molecule has 1 unspecified atom stereocenters. The Kier molecular flexibility index (Phi) is 4.09. The number of nitrogens with one attached hydrogen (secondary N) is 1. The normalized spacial score (nSPS) is 23.1. The lowest BCUT2D eigenvalue weighted by Crippen LogP contribution is -2.57. The Morgan fingerprint density at radius 1 is 1.05 bits per heavy atom. The first-order chi connectivity index (χ1) is 10.2. The van der Waals surface area contributed by atoms with Gasteiger partial charge in [0.15, 0.2) is 0 Å². The topological polar surface area (TPSA) is 15.3 Å². The number of rotatable bonds is 3. The second kappa shape index (κ2) is 6.00. The Bertz CT molecular complexity index is 594. The van der Waals surface area contributed by atoms with Crippen molar-refractivity contribution in [3.05, 3.63) is 71.3 Å². The van der Waals surface area contributed by atoms with Gasteiger partial charge in [-0.3, -0.25) is 4.90 Å². The maximum atomic E-state index is 3.56. The van der Waals surface area contributed by atoms with Crippen LogP contribution in [0.15, 0.2) is 54.6 Å². The molecular formula is C19H24N2. The smallest absolute Gasteiger partial charge is 0.0561 e. The van der Waals surface area contributed by atoms with Crippen molar-refractivity contribution in [2.75, 3.05) is 19.6 Å². The highest BCUT2D eigenvalue weighted by Gasteiger charge is 2.35. The Balaban J connectivity index is 1.90. The quantitative estimate of drug-likeness (QED) is 0.928. The van der Waals surface area contributed by atoms with Gasteiger partial charge in [0.05, 0.1) is 5.54 Å². The van der Waals surface area contributed by atoms with Crippen molar-refractivity contribution in [2.24, 2.45) is 0 Å². The SMILES string of the molecule is Cc1ccccc1CN1CCNCC1(C)c1ccccc1. The van der Waals surface area contributed by atoms with E-state index in [4.69, 9.17) is 0 Å². The van der Waals surface area contributed by atoms with Crippen LogP contribution in [0.25, 0.3) is 0 Å². The van der Waals surface area contributed by atoms with E-state index in [1.807, 2.05) is 0 Å². The van der Waals surface area contributed by atoms with Crippen LogP contribution in [0.5, 0.6) is 0 Å². The first-order valence-electron chi connectivity index (χ1n) is 7.76. The van der Waals surface area contributed by atoms with E-state index < -0.39 is 0 Å². The predicted octanol–water partition coefficient (Wildman–Crippen LogP) is 3.32. The molecule has 0 saturated carbocycles. The van der Waals surface area contributed by atoms with Gasteiger partial charge in [0.1, 0.15) is 0 Å². The van der Waals surface area contributed by atoms with Crippen molar-refractivity contribution >= 4 is 0 Å². The minimum atomic E-state index is 0.0573. The van der Waals surface area contributed by atoms with Gasteiger partial charge in [0.2, 0.25) is 0 Å². The molecule has 1 heterocycles. The minimum absolute atomic E-state index is 0.0573. The van der Waals surface area contributed by atoms with E-state index in [0.29, 0.717) is 0 Å². The summed E-state index contributed by atoms with van der Waals surface area (Å²) in [4.78, 5) is 2.61. The Morgan fingerprint density at radius 3 is 2.52 bits per heavy atom. The molecule has 0 radical (unpaired) electrons. The van der Waals surface area contributed by atoms with Crippen molar-refractivity contribution in [3.63, 3.8) is 0 Å². The Hall–Kier alpha value is -1.64. The summed E-state index contributed by atoms with van der Waals surface area (Å²) in [6.45, 7) is 8.72. The molecule has 0 amide bonds. The first kappa shape index (κ1) is 14.3. The molecule has 1 saturated heterocycles. The third-order valence-electron chi connectivity index (χ3n) is 4.74. The number of aryl methyl sites for hydroxylation is 1. The number of nitrogens with zero attached hydrogens (tertiary/aromatic N) is 1. The molecule has 2 heteroatoms. The third-order valence-corrected chi connectivity index (χ3v) is 4.74. The van der Waals surface area contributed by atoms with E-state index in [-0.39, 0.29) is 5.54 Å². The second-order valence-electron chi connectivity index (χ2n) is 6.16. The predicted molar refractivity (Wildman–Crippen MR) is 88.3 cm³/mol. The van der Waals surface area contributed by atoms with Gasteiger partial charge in [-0.05, 0) is 30.5 Å². The highest BCUT2D eigenvalue weighted by atomic mass is 15.3. The second-order valence-corrected chi connectivity index (χ2v) is 6.16. The molecule has 0 aliphatic carbocycles. The molecule has 1 N–H and O–H groups in total. The van der Waals surface area contributed by atoms with E-state index in [9.17, 15) is 0 Å². The molecule has 110 valence electrons. The van der Waals surface area contributed by atoms with Crippen LogP contribution in [0.1, 0.15) is 23.6 Å². The molecule has 1 aliphatic rings. The van der Waals surface area contributed by atoms with Crippen molar-refractivity contribution in [2.45, 2.75) is 25.9 Å². The summed E-state index contributed by atoms with van der Waals surface area (Å²) in [7, 11) is 0. The van der Waals surface area contributed by atoms with Crippen LogP contribution in [-0.2, 0) is 12.1 Å². The zero-order valence-corrected chi connectivity index (χ0v) is 13.0. The highest BCUT2D eigenvalue weighted by molar-refractivity contribution is 5.28. The molecule has 0 spiro atoms. The third kappa shape index (κ3) is 2.87. The summed E-state index contributed by atoms with van der Waals surface area (Å²) >= 11 is 0. The van der Waals surface area contributed by atoms with Gasteiger partial charge in [0, 0.05) is 26.2 Å². The van der Waals surface area contributed by atoms with E-state index in [0.717, 1.165) is 26.2 Å². The molecule has 0 aromatic heterocycles. The molecule has 1 fully saturated rings. The van der Waals surface area contributed by atoms with Crippen LogP contribution in [0.2, 0.25) is 0 Å². The average Bonchev–Trinajstić information content (AvgIpc) is 2.53. The number of piperazine rings is 1. The fraction of sp³-hybridized carbons (Fsp3) is 0.368. The Morgan fingerprint density at radius 2 is 1.76 bits per heavy atom. The highest BCUT2D eigenvalue weighted by Crippen LogP contribution is 2.31. The lowest BCUT2D eigenvalue weighted by Gasteiger charge is -2.46. The molecule has 1 atom stereocenters. The zero-order valence-electron chi connectivity index (χ0n) is 13.0. The standard InChI is InChI=1S/C19H24N2/c1-16-8-6-7-9-17(16)14-21-13-12-20-15-19(21,2)18-10-4-3-5-11-18/h3-11,20H,12-15H2,1-2H3. The van der Waals surface area contributed by atoms with Crippen LogP contribution in [0.4, 0.5) is 0 Å². The van der Waals surface area contributed by atoms with E-state index >= 15 is 0 Å². The molecule has 21 heavy (non-hydrogen) atoms. The van der Waals surface area contributed by atoms with Gasteiger partial charge < -0.3 is 5.32 Å². The average molecular weight is 280 g/mol. The Labute approximate surface area is 127 Å². The van der Waals surface area contributed by atoms with Gasteiger partial charge >= 0.3 is 0 Å². The summed E-state index contributed by atoms with van der Waals surface area (Å²) in [5.74, 6) is 0. The van der Waals surface area contributed by atoms with Crippen molar-refractivity contribution in [3.8, 4) is 0 Å². The van der Waals surface area contributed by atoms with Gasteiger partial charge in [0.25, 0.3) is 0 Å². The van der Waals surface area contributed by atoms with Gasteiger partial charge in [-0.2, -0.15) is 0 Å². The van der Waals surface area contributed by atoms with Crippen LogP contribution in [-0.4, -0.2) is 24.5 Å². The zero-order chi connectivity index (χ0) is 14.7. The summed E-state index contributed by atoms with van der Waals surface area (Å²) in [6, 6.07) is 19.6.